The minimum absolute atomic E-state index is 0.00269. The van der Waals surface area contributed by atoms with E-state index in [-0.39, 0.29) is 64.4 Å². The molecule has 0 bridgehead atoms. The van der Waals surface area contributed by atoms with Gasteiger partial charge < -0.3 is 219 Å². The lowest BCUT2D eigenvalue weighted by Crippen LogP contribution is -2.65. The highest BCUT2D eigenvalue weighted by molar-refractivity contribution is 5.76. The third-order valence-electron chi connectivity index (χ3n) is 22.0. The molecule has 8 aliphatic rings. The zero-order valence-electron chi connectivity index (χ0n) is 67.3. The van der Waals surface area contributed by atoms with Crippen LogP contribution in [0.3, 0.4) is 0 Å². The molecule has 0 aromatic heterocycles. The van der Waals surface area contributed by atoms with E-state index in [1.807, 2.05) is 23.6 Å². The molecule has 0 saturated carbocycles. The average molecular weight is 1760 g/mol. The van der Waals surface area contributed by atoms with Gasteiger partial charge in [0.1, 0.15) is 183 Å². The first kappa shape index (κ1) is 104. The summed E-state index contributed by atoms with van der Waals surface area (Å²) in [6.07, 6.45) is -58.8. The zero-order valence-corrected chi connectivity index (χ0v) is 67.3. The first-order valence-electron chi connectivity index (χ1n) is 40.7. The molecule has 0 aromatic carbocycles. The molecule has 40 atom stereocenters. The van der Waals surface area contributed by atoms with E-state index in [9.17, 15) is 142 Å². The first-order chi connectivity index (χ1) is 57.1. The summed E-state index contributed by atoms with van der Waals surface area (Å²) in [5, 5.41) is 275. The van der Waals surface area contributed by atoms with Crippen LogP contribution in [-0.4, -0.2) is 518 Å². The highest BCUT2D eigenvalue weighted by Crippen LogP contribution is 2.35. The van der Waals surface area contributed by atoms with Crippen molar-refractivity contribution in [2.24, 2.45) is 0 Å². The predicted octanol–water partition coefficient (Wildman–Crippen LogP) is -15.4. The third-order valence-corrected chi connectivity index (χ3v) is 22.0. The van der Waals surface area contributed by atoms with Gasteiger partial charge in [-0.3, -0.25) is 19.4 Å². The van der Waals surface area contributed by atoms with Gasteiger partial charge in [0.05, 0.1) is 78.3 Å². The lowest BCUT2D eigenvalue weighted by atomic mass is 9.96. The molecule has 120 heavy (non-hydrogen) atoms. The molecule has 0 aliphatic carbocycles. The molecule has 48 heteroatoms. The minimum atomic E-state index is -1.92. The molecular weight excluding hydrogens is 1620 g/mol. The number of nitrogens with one attached hydrogen (secondary N) is 2. The lowest BCUT2D eigenvalue weighted by Gasteiger charge is -2.46. The predicted molar refractivity (Wildman–Crippen MR) is 394 cm³/mol. The van der Waals surface area contributed by atoms with Crippen LogP contribution in [-0.2, 0) is 85.4 Å². The summed E-state index contributed by atoms with van der Waals surface area (Å²) in [7, 11) is 0. The number of unbranched alkanes of at least 4 members (excludes halogenated alkanes) is 4. The smallest absolute Gasteiger partial charge is 0.219 e. The maximum Gasteiger partial charge on any atom is 0.219 e. The topological polar surface area (TPSA) is 738 Å². The number of carbonyl (C=O) groups is 2. The van der Waals surface area contributed by atoms with Gasteiger partial charge in [-0.05, 0) is 66.5 Å². The van der Waals surface area contributed by atoms with Crippen molar-refractivity contribution in [3.05, 3.63) is 0 Å². The molecule has 8 saturated heterocycles. The summed E-state index contributed by atoms with van der Waals surface area (Å²) in [5.74, 6) is -0.129. The van der Waals surface area contributed by atoms with Crippen LogP contribution < -0.4 is 10.6 Å². The normalized spacial score (nSPS) is 42.7. The lowest BCUT2D eigenvalue weighted by molar-refractivity contribution is -0.366. The summed E-state index contributed by atoms with van der Waals surface area (Å²) in [4.78, 5) is 27.6. The molecule has 704 valence electrons. The van der Waals surface area contributed by atoms with E-state index in [4.69, 9.17) is 75.8 Å². The number of aliphatic hydroxyl groups is 26. The fourth-order valence-electron chi connectivity index (χ4n) is 14.5. The molecule has 8 fully saturated rings. The van der Waals surface area contributed by atoms with Crippen molar-refractivity contribution in [3.8, 4) is 0 Å². The van der Waals surface area contributed by atoms with E-state index in [0.29, 0.717) is 77.5 Å². The molecule has 0 radical (unpaired) electrons. The molecule has 8 rings (SSSR count). The van der Waals surface area contributed by atoms with E-state index in [2.05, 4.69) is 10.6 Å². The Bertz CT molecular complexity index is 2670. The third kappa shape index (κ3) is 28.6. The Hall–Kier alpha value is -2.82. The van der Waals surface area contributed by atoms with Gasteiger partial charge in [0.2, 0.25) is 11.8 Å². The van der Waals surface area contributed by atoms with Crippen LogP contribution in [0.2, 0.25) is 0 Å². The molecule has 2 amide bonds. The van der Waals surface area contributed by atoms with Gasteiger partial charge in [-0.2, -0.15) is 0 Å². The van der Waals surface area contributed by atoms with Crippen LogP contribution in [0.4, 0.5) is 0 Å². The van der Waals surface area contributed by atoms with Gasteiger partial charge in [-0.15, -0.1) is 0 Å². The first-order valence-corrected chi connectivity index (χ1v) is 40.7. The summed E-state index contributed by atoms with van der Waals surface area (Å²) in [6, 6.07) is 0. The van der Waals surface area contributed by atoms with E-state index < -0.39 is 285 Å². The monoisotopic (exact) mass is 1760 g/mol. The van der Waals surface area contributed by atoms with Crippen LogP contribution in [0.15, 0.2) is 0 Å². The van der Waals surface area contributed by atoms with Gasteiger partial charge in [0, 0.05) is 52.1 Å². The van der Waals surface area contributed by atoms with Gasteiger partial charge in [0.25, 0.3) is 0 Å². The summed E-state index contributed by atoms with van der Waals surface area (Å²) in [5.41, 5.74) is 0. The maximum atomic E-state index is 11.9. The molecular formula is C72H132N4O44. The molecule has 8 aliphatic heterocycles. The SMILES string of the molecule is CCNC(=O)CCCCCN(CCO[C@@H]1O[C@@H](C)[C@@H](O)[C@@H](O)[C@@H]1O)CCO[C@H]1O[C@H](CO[C@H]2O[C@H](CO)[C@@H](O)[C@H](O)[C@@H]2O)[C@@H](O)[C@H](O[C@H]2O[C@H](CO)[C@@H](O)[C@H](O)[C@@H]2O)[C@@H]1O.CCNC(=O)CCCCCN(CCO[C@@H]1O[C@@H](C)[C@@H](O)[C@@H](O)[C@@H]1O)CCO[C@H]1O[C@H](CO[C@H]2O[C@H](CO)[C@@H](O)[C@H](O)[C@@H]2O)[C@@H](O)[C@H](O[C@H]2O[C@H](CO)[C@@H](O)[C@H](O)[C@@H]2O)[C@@H]1O. The van der Waals surface area contributed by atoms with Crippen molar-refractivity contribution < 1.29 is 218 Å². The van der Waals surface area contributed by atoms with Crippen LogP contribution in [0.5, 0.6) is 0 Å². The van der Waals surface area contributed by atoms with E-state index in [0.717, 1.165) is 0 Å². The molecule has 0 spiro atoms. The summed E-state index contributed by atoms with van der Waals surface area (Å²) in [6.45, 7) is 4.86. The van der Waals surface area contributed by atoms with Crippen LogP contribution in [0.25, 0.3) is 0 Å². The largest absolute Gasteiger partial charge is 0.394 e. The highest BCUT2D eigenvalue weighted by atomic mass is 16.8. The van der Waals surface area contributed by atoms with Crippen molar-refractivity contribution in [2.75, 3.05) is 118 Å². The van der Waals surface area contributed by atoms with Gasteiger partial charge in [-0.25, -0.2) is 0 Å². The highest BCUT2D eigenvalue weighted by Gasteiger charge is 2.56. The van der Waals surface area contributed by atoms with Gasteiger partial charge in [0.15, 0.2) is 50.3 Å². The van der Waals surface area contributed by atoms with Crippen molar-refractivity contribution >= 4 is 11.8 Å². The summed E-state index contributed by atoms with van der Waals surface area (Å²) >= 11 is 0. The standard InChI is InChI=1S/2C36H66N2O22/c2*1-3-37-20(41)7-5-4-6-8-38(9-11-53-33-28(49)25(46)21(42)16(2)56-33)10-12-54-35-31(52)32(60-36-30(51)27(48)23(44)18(14-40)58-36)24(45)19(59-35)15-55-34-29(50)26(47)22(43)17(13-39)57-34/h2*16-19,21-36,39-40,42-52H,3-15H2,1-2H3,(H,37,41)/t2*16-,17+,18+,19+,21+,22+,23+,24+,25+,26-,27-,28-,29-,30-,31-,32-,33+,34-,35-,36+/m00/s1. The van der Waals surface area contributed by atoms with Gasteiger partial charge >= 0.3 is 0 Å². The molecule has 0 aromatic rings. The number of hydrogen-bond acceptors (Lipinski definition) is 46. The van der Waals surface area contributed by atoms with E-state index in [1.54, 1.807) is 0 Å². The second kappa shape index (κ2) is 51.4. The number of nitrogens with zero attached hydrogens (tertiary/aromatic N) is 2. The minimum Gasteiger partial charge on any atom is -0.394 e. The van der Waals surface area contributed by atoms with Crippen molar-refractivity contribution in [1.29, 1.82) is 0 Å². The Morgan fingerprint density at radius 2 is 0.525 bits per heavy atom. The van der Waals surface area contributed by atoms with Crippen LogP contribution in [0, 0.1) is 0 Å². The van der Waals surface area contributed by atoms with Crippen molar-refractivity contribution in [3.63, 3.8) is 0 Å². The van der Waals surface area contributed by atoms with Crippen LogP contribution in [0.1, 0.15) is 79.1 Å². The fraction of sp³-hybridized carbons (Fsp3) is 0.972. The maximum absolute atomic E-state index is 11.9. The number of rotatable bonds is 44. The van der Waals surface area contributed by atoms with Crippen molar-refractivity contribution in [1.82, 2.24) is 20.4 Å². The quantitative estimate of drug-likeness (QED) is 0.0252. The molecule has 0 unspecified atom stereocenters. The molecule has 8 heterocycles. The van der Waals surface area contributed by atoms with Gasteiger partial charge in [-0.1, -0.05) is 12.8 Å². The van der Waals surface area contributed by atoms with Crippen LogP contribution >= 0.6 is 0 Å². The number of carbonyl (C=O) groups excluding carboxylic acids is 2. The van der Waals surface area contributed by atoms with Crippen molar-refractivity contribution in [2.45, 2.75) is 325 Å². The second-order valence-corrected chi connectivity index (χ2v) is 30.8. The Kier molecular flexibility index (Phi) is 44.6. The average Bonchev–Trinajstić information content (AvgIpc) is 0.425. The van der Waals surface area contributed by atoms with E-state index >= 15 is 0 Å². The second-order valence-electron chi connectivity index (χ2n) is 30.8. The number of hydrogen-bond donors (Lipinski definition) is 28. The molecule has 28 N–H and O–H groups in total. The Morgan fingerprint density at radius 1 is 0.275 bits per heavy atom. The zero-order chi connectivity index (χ0) is 88.5. The summed E-state index contributed by atoms with van der Waals surface area (Å²) < 4.78 is 90.4. The fourth-order valence-corrected chi connectivity index (χ4v) is 14.5. The Labute approximate surface area is 691 Å². The Morgan fingerprint density at radius 3 is 0.808 bits per heavy atom. The molecule has 48 nitrogen and oxygen atoms in total. The van der Waals surface area contributed by atoms with E-state index in [1.165, 1.54) is 13.8 Å². The Balaban J connectivity index is 0.000000331. The number of ether oxygens (including phenoxy) is 16. The number of amides is 2. The number of aliphatic hydroxyl groups excluding tert-OH is 26.